The quantitative estimate of drug-likeness (QED) is 0.800. The van der Waals surface area contributed by atoms with E-state index in [4.69, 9.17) is 0 Å². The van der Waals surface area contributed by atoms with Crippen molar-refractivity contribution >= 4 is 11.8 Å². The largest absolute Gasteiger partial charge is 0.309 e. The summed E-state index contributed by atoms with van der Waals surface area (Å²) in [6, 6.07) is 1.17. The molecule has 0 spiro atoms. The molecule has 1 N–H and O–H groups in total. The van der Waals surface area contributed by atoms with Crippen molar-refractivity contribution in [3.8, 4) is 0 Å². The molecule has 78 valence electrons. The molecule has 0 radical (unpaired) electrons. The first-order chi connectivity index (χ1) is 6.84. The van der Waals surface area contributed by atoms with Gasteiger partial charge in [-0.15, -0.1) is 0 Å². The van der Waals surface area contributed by atoms with Crippen molar-refractivity contribution in [3.05, 3.63) is 12.7 Å². The number of thioether (sulfide) groups is 1. The molecule has 1 aromatic heterocycles. The lowest BCUT2D eigenvalue weighted by Crippen LogP contribution is -2.39. The van der Waals surface area contributed by atoms with Gasteiger partial charge < -0.3 is 5.32 Å². The lowest BCUT2D eigenvalue weighted by Gasteiger charge is -2.18. The predicted octanol–water partition coefficient (Wildman–Crippen LogP) is 0.762. The van der Waals surface area contributed by atoms with Gasteiger partial charge in [0, 0.05) is 17.8 Å². The van der Waals surface area contributed by atoms with Gasteiger partial charge in [0.15, 0.2) is 0 Å². The molecule has 2 heterocycles. The minimum absolute atomic E-state index is 0.473. The van der Waals surface area contributed by atoms with E-state index in [1.165, 1.54) is 17.9 Å². The summed E-state index contributed by atoms with van der Waals surface area (Å²) in [4.78, 5) is 3.93. The van der Waals surface area contributed by atoms with Crippen LogP contribution >= 0.6 is 11.8 Å². The van der Waals surface area contributed by atoms with Crippen LogP contribution in [0.2, 0.25) is 0 Å². The Bertz CT molecular complexity index is 256. The number of aromatic nitrogens is 3. The third-order valence-electron chi connectivity index (χ3n) is 2.38. The number of nitrogens with zero attached hydrogens (tertiary/aromatic N) is 3. The maximum absolute atomic E-state index is 4.09. The summed E-state index contributed by atoms with van der Waals surface area (Å²) in [5.74, 6) is 2.55. The molecule has 14 heavy (non-hydrogen) atoms. The van der Waals surface area contributed by atoms with Crippen molar-refractivity contribution in [3.63, 3.8) is 0 Å². The van der Waals surface area contributed by atoms with Crippen molar-refractivity contribution in [2.24, 2.45) is 0 Å². The van der Waals surface area contributed by atoms with Crippen LogP contribution in [0.15, 0.2) is 12.7 Å². The maximum Gasteiger partial charge on any atom is 0.137 e. The highest BCUT2D eigenvalue weighted by atomic mass is 32.2. The molecule has 1 aliphatic rings. The van der Waals surface area contributed by atoms with Gasteiger partial charge in [0.25, 0.3) is 0 Å². The Labute approximate surface area is 88.5 Å². The van der Waals surface area contributed by atoms with E-state index < -0.39 is 0 Å². The van der Waals surface area contributed by atoms with Gasteiger partial charge in [-0.25, -0.2) is 4.98 Å². The lowest BCUT2D eigenvalue weighted by atomic mass is 10.2. The number of rotatable bonds is 4. The summed E-state index contributed by atoms with van der Waals surface area (Å²) < 4.78 is 1.87. The molecule has 4 nitrogen and oxygen atoms in total. The average Bonchev–Trinajstić information content (AvgIpc) is 2.76. The smallest absolute Gasteiger partial charge is 0.137 e. The summed E-state index contributed by atoms with van der Waals surface area (Å²) in [6.45, 7) is 3.10. The minimum atomic E-state index is 0.473. The Balaban J connectivity index is 1.75. The molecule has 0 aliphatic carbocycles. The van der Waals surface area contributed by atoms with E-state index in [9.17, 15) is 0 Å². The molecule has 0 bridgehead atoms. The molecular weight excluding hydrogens is 196 g/mol. The summed E-state index contributed by atoms with van der Waals surface area (Å²) >= 11 is 2.03. The Morgan fingerprint density at radius 2 is 2.64 bits per heavy atom. The highest BCUT2D eigenvalue weighted by Gasteiger charge is 2.17. The van der Waals surface area contributed by atoms with Gasteiger partial charge in [0.05, 0.1) is 6.54 Å². The zero-order valence-corrected chi connectivity index (χ0v) is 9.20. The fourth-order valence-corrected chi connectivity index (χ4v) is 2.89. The van der Waals surface area contributed by atoms with E-state index in [0.29, 0.717) is 12.1 Å². The molecule has 1 saturated heterocycles. The highest BCUT2D eigenvalue weighted by molar-refractivity contribution is 7.99. The van der Waals surface area contributed by atoms with Crippen molar-refractivity contribution in [1.82, 2.24) is 20.1 Å². The Morgan fingerprint density at radius 1 is 1.71 bits per heavy atom. The van der Waals surface area contributed by atoms with Gasteiger partial charge >= 0.3 is 0 Å². The van der Waals surface area contributed by atoms with Gasteiger partial charge in [0.2, 0.25) is 0 Å². The number of nitrogens with one attached hydrogen (secondary N) is 1. The fraction of sp³-hybridized carbons (Fsp3) is 0.778. The van der Waals surface area contributed by atoms with Gasteiger partial charge in [-0.2, -0.15) is 16.9 Å². The van der Waals surface area contributed by atoms with E-state index in [1.54, 1.807) is 12.7 Å². The second-order valence-electron chi connectivity index (χ2n) is 3.75. The van der Waals surface area contributed by atoms with Gasteiger partial charge in [-0.3, -0.25) is 4.68 Å². The Morgan fingerprint density at radius 3 is 3.29 bits per heavy atom. The second-order valence-corrected chi connectivity index (χ2v) is 4.90. The van der Waals surface area contributed by atoms with Crippen LogP contribution in [0.5, 0.6) is 0 Å². The van der Waals surface area contributed by atoms with Crippen molar-refractivity contribution in [2.75, 3.05) is 11.5 Å². The van der Waals surface area contributed by atoms with E-state index in [1.807, 2.05) is 16.4 Å². The molecular formula is C9H16N4S. The summed E-state index contributed by atoms with van der Waals surface area (Å²) in [6.07, 6.45) is 4.64. The van der Waals surface area contributed by atoms with Crippen LogP contribution in [-0.4, -0.2) is 38.4 Å². The number of hydrogen-bond donors (Lipinski definition) is 1. The van der Waals surface area contributed by atoms with E-state index >= 15 is 0 Å². The molecule has 1 fully saturated rings. The third kappa shape index (κ3) is 2.72. The van der Waals surface area contributed by atoms with Gasteiger partial charge in [-0.05, 0) is 19.1 Å². The van der Waals surface area contributed by atoms with Crippen LogP contribution in [0.25, 0.3) is 0 Å². The van der Waals surface area contributed by atoms with E-state index in [2.05, 4.69) is 22.3 Å². The summed E-state index contributed by atoms with van der Waals surface area (Å²) in [7, 11) is 0. The molecule has 0 aromatic carbocycles. The van der Waals surface area contributed by atoms with Crippen molar-refractivity contribution in [2.45, 2.75) is 32.0 Å². The van der Waals surface area contributed by atoms with Crippen LogP contribution in [0.4, 0.5) is 0 Å². The molecule has 2 rings (SSSR count). The van der Waals surface area contributed by atoms with Crippen LogP contribution in [0.3, 0.4) is 0 Å². The van der Waals surface area contributed by atoms with Crippen LogP contribution < -0.4 is 5.32 Å². The summed E-state index contributed by atoms with van der Waals surface area (Å²) in [5, 5.41) is 7.70. The van der Waals surface area contributed by atoms with Gasteiger partial charge in [-0.1, -0.05) is 0 Å². The van der Waals surface area contributed by atoms with Crippen molar-refractivity contribution < 1.29 is 0 Å². The molecule has 0 amide bonds. The van der Waals surface area contributed by atoms with Gasteiger partial charge in [0.1, 0.15) is 12.7 Å². The third-order valence-corrected chi connectivity index (χ3v) is 3.54. The molecule has 5 heteroatoms. The first kappa shape index (κ1) is 9.98. The van der Waals surface area contributed by atoms with Crippen LogP contribution in [0, 0.1) is 0 Å². The topological polar surface area (TPSA) is 42.7 Å². The first-order valence-electron chi connectivity index (χ1n) is 5.01. The monoisotopic (exact) mass is 212 g/mol. The lowest BCUT2D eigenvalue weighted by molar-refractivity contribution is 0.410. The molecule has 1 aromatic rings. The highest BCUT2D eigenvalue weighted by Crippen LogP contribution is 2.17. The van der Waals surface area contributed by atoms with Crippen LogP contribution in [0.1, 0.15) is 13.3 Å². The van der Waals surface area contributed by atoms with Crippen LogP contribution in [-0.2, 0) is 6.54 Å². The van der Waals surface area contributed by atoms with E-state index in [0.717, 1.165) is 6.54 Å². The minimum Gasteiger partial charge on any atom is -0.309 e. The van der Waals surface area contributed by atoms with E-state index in [-0.39, 0.29) is 0 Å². The zero-order chi connectivity index (χ0) is 9.80. The maximum atomic E-state index is 4.09. The SMILES string of the molecule is CC(Cn1cncn1)NC1CCSC1. The molecule has 2 atom stereocenters. The molecule has 0 saturated carbocycles. The predicted molar refractivity (Wildman–Crippen MR) is 58.3 cm³/mol. The molecule has 1 aliphatic heterocycles. The second kappa shape index (κ2) is 4.79. The summed E-state index contributed by atoms with van der Waals surface area (Å²) in [5.41, 5.74) is 0. The normalized spacial score (nSPS) is 23.9. The average molecular weight is 212 g/mol. The first-order valence-corrected chi connectivity index (χ1v) is 6.16. The number of hydrogen-bond acceptors (Lipinski definition) is 4. The molecule has 2 unspecified atom stereocenters. The van der Waals surface area contributed by atoms with Crippen molar-refractivity contribution in [1.29, 1.82) is 0 Å². The Kier molecular flexibility index (Phi) is 3.42. The zero-order valence-electron chi connectivity index (χ0n) is 8.39. The standard InChI is InChI=1S/C9H16N4S/c1-8(4-13-7-10-6-11-13)12-9-2-3-14-5-9/h6-9,12H,2-5H2,1H3. The Hall–Kier alpha value is -0.550. The fourth-order valence-electron chi connectivity index (χ4n) is 1.73.